The summed E-state index contributed by atoms with van der Waals surface area (Å²) in [5, 5.41) is 16.7. The first kappa shape index (κ1) is 37.3. The normalized spacial score (nSPS) is 18.9. The van der Waals surface area contributed by atoms with Crippen molar-refractivity contribution in [3.8, 4) is 5.75 Å². The first-order valence-corrected chi connectivity index (χ1v) is 16.0. The molecule has 2 aromatic rings. The van der Waals surface area contributed by atoms with Crippen molar-refractivity contribution in [3.05, 3.63) is 65.7 Å². The van der Waals surface area contributed by atoms with Crippen LogP contribution in [0.4, 0.5) is 4.79 Å². The molecule has 1 saturated heterocycles. The number of primary amides is 2. The van der Waals surface area contributed by atoms with Crippen LogP contribution >= 0.6 is 0 Å². The number of hydrogen-bond donors (Lipinski definition) is 5. The number of ether oxygens (including phenoxy) is 2. The minimum absolute atomic E-state index is 0.0322. The highest BCUT2D eigenvalue weighted by Gasteiger charge is 2.43. The van der Waals surface area contributed by atoms with Gasteiger partial charge in [-0.3, -0.25) is 19.3 Å². The number of amides is 4. The lowest BCUT2D eigenvalue weighted by Crippen LogP contribution is -2.52. The minimum atomic E-state index is -1.33. The first-order chi connectivity index (χ1) is 21.9. The molecule has 0 aromatic heterocycles. The molecule has 1 unspecified atom stereocenters. The van der Waals surface area contributed by atoms with Gasteiger partial charge in [0.05, 0.1) is 24.6 Å². The number of likely N-dealkylation sites (tertiary alicyclic amines) is 1. The molecule has 1 heterocycles. The summed E-state index contributed by atoms with van der Waals surface area (Å²) in [5.74, 6) is -1.46. The Morgan fingerprint density at radius 2 is 1.60 bits per heavy atom. The lowest BCUT2D eigenvalue weighted by molar-refractivity contribution is -0.127. The standard InChI is InChI=1S/C35H51N5O7/c1-34(2,3)40-17-16-24(30(40)31(37)43)18-25(41)19-27(23-12-14-26(15-13-23)47-35(4,5)6)38-32(44)28(20-29(36)42)39-33(45)46-21-22-10-8-7-9-11-22/h7-15,24-25,27-28,30,41H,16-21H2,1-6H3,(H2,36,42)(H2,37,43)(H,38,44)(H,39,45)/t24-,25+,27?,28-,30-/m0/s1. The van der Waals surface area contributed by atoms with Crippen LogP contribution < -0.4 is 26.8 Å². The summed E-state index contributed by atoms with van der Waals surface area (Å²) < 4.78 is 11.2. The van der Waals surface area contributed by atoms with Gasteiger partial charge >= 0.3 is 6.09 Å². The second kappa shape index (κ2) is 16.1. The van der Waals surface area contributed by atoms with Crippen LogP contribution in [-0.2, 0) is 25.7 Å². The van der Waals surface area contributed by atoms with Crippen LogP contribution in [0.15, 0.2) is 54.6 Å². The molecule has 3 rings (SSSR count). The van der Waals surface area contributed by atoms with Gasteiger partial charge in [-0.15, -0.1) is 0 Å². The van der Waals surface area contributed by atoms with E-state index in [9.17, 15) is 24.3 Å². The molecule has 12 nitrogen and oxygen atoms in total. The van der Waals surface area contributed by atoms with Gasteiger partial charge in [0.15, 0.2) is 0 Å². The summed E-state index contributed by atoms with van der Waals surface area (Å²) >= 11 is 0. The Morgan fingerprint density at radius 1 is 0.957 bits per heavy atom. The van der Waals surface area contributed by atoms with Gasteiger partial charge in [0, 0.05) is 5.54 Å². The van der Waals surface area contributed by atoms with Crippen LogP contribution in [-0.4, -0.2) is 69.7 Å². The lowest BCUT2D eigenvalue weighted by atomic mass is 9.88. The summed E-state index contributed by atoms with van der Waals surface area (Å²) in [6, 6.07) is 13.5. The Balaban J connectivity index is 1.79. The zero-order valence-electron chi connectivity index (χ0n) is 28.3. The zero-order valence-corrected chi connectivity index (χ0v) is 28.3. The number of aliphatic hydroxyl groups excluding tert-OH is 1. The molecule has 0 radical (unpaired) electrons. The van der Waals surface area contributed by atoms with E-state index in [0.29, 0.717) is 24.3 Å². The second-order valence-corrected chi connectivity index (χ2v) is 14.2. The fourth-order valence-corrected chi connectivity index (χ4v) is 5.95. The van der Waals surface area contributed by atoms with Gasteiger partial charge in [0.25, 0.3) is 0 Å². The molecule has 0 spiro atoms. The molecule has 0 bridgehead atoms. The molecule has 2 aromatic carbocycles. The Kier molecular flexibility index (Phi) is 12.8. The number of nitrogens with zero attached hydrogens (tertiary/aromatic N) is 1. The van der Waals surface area contributed by atoms with E-state index in [4.69, 9.17) is 20.9 Å². The number of nitrogens with two attached hydrogens (primary N) is 2. The average molecular weight is 654 g/mol. The molecule has 1 aliphatic heterocycles. The number of benzene rings is 2. The van der Waals surface area contributed by atoms with Crippen molar-refractivity contribution in [2.24, 2.45) is 17.4 Å². The Morgan fingerprint density at radius 3 is 2.15 bits per heavy atom. The number of rotatable bonds is 14. The van der Waals surface area contributed by atoms with E-state index >= 15 is 0 Å². The third kappa shape index (κ3) is 11.9. The van der Waals surface area contributed by atoms with Crippen molar-refractivity contribution in [1.82, 2.24) is 15.5 Å². The highest BCUT2D eigenvalue weighted by molar-refractivity contribution is 5.90. The van der Waals surface area contributed by atoms with Crippen molar-refractivity contribution >= 4 is 23.8 Å². The first-order valence-electron chi connectivity index (χ1n) is 16.0. The summed E-state index contributed by atoms with van der Waals surface area (Å²) in [7, 11) is 0. The molecule has 47 heavy (non-hydrogen) atoms. The van der Waals surface area contributed by atoms with Gasteiger partial charge in [-0.05, 0) is 96.5 Å². The largest absolute Gasteiger partial charge is 0.488 e. The molecule has 12 heteroatoms. The summed E-state index contributed by atoms with van der Waals surface area (Å²) in [4.78, 5) is 52.7. The van der Waals surface area contributed by atoms with Crippen LogP contribution in [0.25, 0.3) is 0 Å². The molecule has 5 atom stereocenters. The van der Waals surface area contributed by atoms with E-state index < -0.39 is 60.1 Å². The van der Waals surface area contributed by atoms with Crippen LogP contribution in [0.3, 0.4) is 0 Å². The van der Waals surface area contributed by atoms with E-state index in [0.717, 1.165) is 5.56 Å². The van der Waals surface area contributed by atoms with E-state index in [1.165, 1.54) is 0 Å². The number of alkyl carbamates (subject to hydrolysis) is 1. The van der Waals surface area contributed by atoms with Crippen molar-refractivity contribution in [3.63, 3.8) is 0 Å². The van der Waals surface area contributed by atoms with Gasteiger partial charge in [-0.1, -0.05) is 42.5 Å². The molecule has 1 aliphatic rings. The topological polar surface area (TPSA) is 186 Å². The van der Waals surface area contributed by atoms with Crippen LogP contribution in [0, 0.1) is 5.92 Å². The number of carbonyl (C=O) groups excluding carboxylic acids is 4. The van der Waals surface area contributed by atoms with Crippen molar-refractivity contribution in [2.75, 3.05) is 6.54 Å². The average Bonchev–Trinajstić information content (AvgIpc) is 3.40. The number of aliphatic hydroxyl groups is 1. The molecule has 4 amide bonds. The second-order valence-electron chi connectivity index (χ2n) is 14.2. The van der Waals surface area contributed by atoms with Gasteiger partial charge in [-0.2, -0.15) is 0 Å². The molecule has 0 aliphatic carbocycles. The van der Waals surface area contributed by atoms with Crippen molar-refractivity contribution in [1.29, 1.82) is 0 Å². The van der Waals surface area contributed by atoms with Gasteiger partial charge in [0.2, 0.25) is 17.7 Å². The molecule has 258 valence electrons. The van der Waals surface area contributed by atoms with Gasteiger partial charge in [0.1, 0.15) is 24.0 Å². The molecular weight excluding hydrogens is 602 g/mol. The fourth-order valence-electron chi connectivity index (χ4n) is 5.95. The monoisotopic (exact) mass is 653 g/mol. The van der Waals surface area contributed by atoms with E-state index in [1.807, 2.05) is 47.6 Å². The quantitative estimate of drug-likeness (QED) is 0.205. The molecule has 7 N–H and O–H groups in total. The molecule has 0 saturated carbocycles. The smallest absolute Gasteiger partial charge is 0.408 e. The number of nitrogens with one attached hydrogen (secondary N) is 2. The van der Waals surface area contributed by atoms with Crippen LogP contribution in [0.1, 0.15) is 84.4 Å². The maximum absolute atomic E-state index is 13.6. The zero-order chi connectivity index (χ0) is 34.9. The summed E-state index contributed by atoms with van der Waals surface area (Å²) in [6.45, 7) is 12.5. The number of carbonyl (C=O) groups is 4. The Hall–Kier alpha value is -4.16. The van der Waals surface area contributed by atoms with Gasteiger partial charge < -0.3 is 36.7 Å². The van der Waals surface area contributed by atoms with Crippen LogP contribution in [0.5, 0.6) is 5.75 Å². The highest BCUT2D eigenvalue weighted by Crippen LogP contribution is 2.35. The third-order valence-corrected chi connectivity index (χ3v) is 8.01. The fraction of sp³-hybridized carbons (Fsp3) is 0.543. The maximum Gasteiger partial charge on any atom is 0.408 e. The van der Waals surface area contributed by atoms with Crippen molar-refractivity contribution < 1.29 is 33.8 Å². The Labute approximate surface area is 277 Å². The van der Waals surface area contributed by atoms with Gasteiger partial charge in [-0.25, -0.2) is 4.79 Å². The van der Waals surface area contributed by atoms with E-state index in [2.05, 4.69) is 15.5 Å². The maximum atomic E-state index is 13.6. The predicted molar refractivity (Wildman–Crippen MR) is 178 cm³/mol. The van der Waals surface area contributed by atoms with Crippen molar-refractivity contribution in [2.45, 2.75) is 109 Å². The summed E-state index contributed by atoms with van der Waals surface area (Å²) in [6.07, 6.45) is -1.22. The number of hydrogen-bond acceptors (Lipinski definition) is 8. The highest BCUT2D eigenvalue weighted by atomic mass is 16.5. The SMILES string of the molecule is CC(C)(C)Oc1ccc(C(C[C@H](O)C[C@@H]2CCN(C(C)(C)C)[C@@H]2C(N)=O)NC(=O)[C@H](CC(N)=O)NC(=O)OCc2ccccc2)cc1. The van der Waals surface area contributed by atoms with Crippen LogP contribution in [0.2, 0.25) is 0 Å². The predicted octanol–water partition coefficient (Wildman–Crippen LogP) is 3.31. The van der Waals surface area contributed by atoms with E-state index in [-0.39, 0.29) is 30.9 Å². The minimum Gasteiger partial charge on any atom is -0.488 e. The summed E-state index contributed by atoms with van der Waals surface area (Å²) in [5.41, 5.74) is 12.0. The Bertz CT molecular complexity index is 1360. The molecule has 1 fully saturated rings. The van der Waals surface area contributed by atoms with E-state index in [1.54, 1.807) is 48.5 Å². The third-order valence-electron chi connectivity index (χ3n) is 8.01. The molecular formula is C35H51N5O7. The lowest BCUT2D eigenvalue weighted by Gasteiger charge is -2.37.